The predicted molar refractivity (Wildman–Crippen MR) is 137 cm³/mol. The molecule has 2 aliphatic heterocycles. The average Bonchev–Trinajstić information content (AvgIpc) is 3.47. The molecule has 10 nitrogen and oxygen atoms in total. The number of rotatable bonds is 7. The van der Waals surface area contributed by atoms with Crippen molar-refractivity contribution in [3.05, 3.63) is 65.2 Å². The minimum absolute atomic E-state index is 0.121. The van der Waals surface area contributed by atoms with Crippen LogP contribution in [0.5, 0.6) is 17.2 Å². The molecule has 2 aliphatic rings. The average molecular weight is 506 g/mol. The molecule has 0 saturated heterocycles. The van der Waals surface area contributed by atoms with E-state index in [0.29, 0.717) is 41.8 Å². The third-order valence-corrected chi connectivity index (χ3v) is 6.65. The number of fused-ring (bicyclic) bond motifs is 3. The number of hydroxylamine groups is 2. The maximum absolute atomic E-state index is 13.9. The Kier molecular flexibility index (Phi) is 6.51. The molecule has 0 fully saturated rings. The number of hydrogen-bond donors (Lipinski definition) is 0. The first-order chi connectivity index (χ1) is 17.8. The molecule has 3 heterocycles. The summed E-state index contributed by atoms with van der Waals surface area (Å²) in [5.74, 6) is 2.61. The van der Waals surface area contributed by atoms with E-state index in [1.807, 2.05) is 55.8 Å². The molecule has 0 aliphatic carbocycles. The second-order valence-electron chi connectivity index (χ2n) is 9.30. The number of amides is 1. The molecule has 1 unspecified atom stereocenters. The number of aromatic nitrogens is 2. The van der Waals surface area contributed by atoms with Gasteiger partial charge in [0.05, 0.1) is 57.7 Å². The maximum atomic E-state index is 13.9. The molecule has 0 saturated carbocycles. The van der Waals surface area contributed by atoms with Crippen LogP contribution >= 0.6 is 0 Å². The molecule has 0 radical (unpaired) electrons. The van der Waals surface area contributed by atoms with Crippen LogP contribution in [0.15, 0.2) is 47.7 Å². The van der Waals surface area contributed by atoms with E-state index in [1.165, 1.54) is 0 Å². The van der Waals surface area contributed by atoms with Crippen LogP contribution in [-0.4, -0.2) is 59.7 Å². The molecule has 0 spiro atoms. The van der Waals surface area contributed by atoms with Gasteiger partial charge in [-0.05, 0) is 30.3 Å². The molecular formula is C27H31N5O5. The molecule has 2 aromatic carbocycles. The van der Waals surface area contributed by atoms with Gasteiger partial charge in [-0.2, -0.15) is 0 Å². The van der Waals surface area contributed by atoms with Crippen LogP contribution in [0, 0.1) is 5.92 Å². The van der Waals surface area contributed by atoms with Crippen molar-refractivity contribution < 1.29 is 23.8 Å². The fourth-order valence-electron chi connectivity index (χ4n) is 4.64. The van der Waals surface area contributed by atoms with E-state index in [0.717, 1.165) is 22.6 Å². The van der Waals surface area contributed by atoms with Crippen LogP contribution < -0.4 is 14.2 Å². The maximum Gasteiger partial charge on any atom is 0.256 e. The molecule has 37 heavy (non-hydrogen) atoms. The van der Waals surface area contributed by atoms with E-state index in [2.05, 4.69) is 0 Å². The third-order valence-electron chi connectivity index (χ3n) is 6.65. The lowest BCUT2D eigenvalue weighted by molar-refractivity contribution is -0.0629. The molecular weight excluding hydrogens is 474 g/mol. The van der Waals surface area contributed by atoms with Gasteiger partial charge >= 0.3 is 0 Å². The van der Waals surface area contributed by atoms with Crippen LogP contribution in [0.1, 0.15) is 47.3 Å². The van der Waals surface area contributed by atoms with Crippen LogP contribution in [0.4, 0.5) is 0 Å². The van der Waals surface area contributed by atoms with E-state index in [4.69, 9.17) is 29.0 Å². The lowest BCUT2D eigenvalue weighted by atomic mass is 10.1. The fourth-order valence-corrected chi connectivity index (χ4v) is 4.64. The molecule has 0 N–H and O–H groups in total. The first-order valence-corrected chi connectivity index (χ1v) is 12.1. The van der Waals surface area contributed by atoms with Gasteiger partial charge in [-0.15, -0.1) is 5.06 Å². The summed E-state index contributed by atoms with van der Waals surface area (Å²) in [5, 5.41) is 1.71. The molecule has 1 aromatic heterocycles. The lowest BCUT2D eigenvalue weighted by Gasteiger charge is -2.23. The summed E-state index contributed by atoms with van der Waals surface area (Å²) in [4.78, 5) is 31.2. The van der Waals surface area contributed by atoms with Crippen LogP contribution in [0.3, 0.4) is 0 Å². The number of carbonyl (C=O) groups is 1. The molecule has 1 atom stereocenters. The number of hydrogen-bond acceptors (Lipinski definition) is 8. The quantitative estimate of drug-likeness (QED) is 0.480. The van der Waals surface area contributed by atoms with Crippen LogP contribution in [-0.2, 0) is 17.9 Å². The third kappa shape index (κ3) is 4.37. The summed E-state index contributed by atoms with van der Waals surface area (Å²) < 4.78 is 18.4. The zero-order chi connectivity index (χ0) is 26.3. The van der Waals surface area contributed by atoms with Crippen molar-refractivity contribution in [3.8, 4) is 22.9 Å². The highest BCUT2D eigenvalue weighted by Crippen LogP contribution is 2.36. The number of ether oxygens (including phenoxy) is 3. The van der Waals surface area contributed by atoms with Gasteiger partial charge in [0.1, 0.15) is 22.9 Å². The highest BCUT2D eigenvalue weighted by atomic mass is 16.7. The van der Waals surface area contributed by atoms with Gasteiger partial charge in [-0.1, -0.05) is 13.8 Å². The highest BCUT2D eigenvalue weighted by molar-refractivity contribution is 5.99. The van der Waals surface area contributed by atoms with Gasteiger partial charge in [0.2, 0.25) is 5.90 Å². The molecule has 194 valence electrons. The summed E-state index contributed by atoms with van der Waals surface area (Å²) in [5.41, 5.74) is 3.72. The van der Waals surface area contributed by atoms with E-state index >= 15 is 0 Å². The molecule has 1 amide bonds. The van der Waals surface area contributed by atoms with Gasteiger partial charge in [-0.3, -0.25) is 4.79 Å². The Bertz CT molecular complexity index is 1370. The summed E-state index contributed by atoms with van der Waals surface area (Å²) in [7, 11) is 6.65. The molecule has 3 aromatic rings. The number of carbonyl (C=O) groups excluding carboxylic acids is 1. The van der Waals surface area contributed by atoms with Gasteiger partial charge in [0.15, 0.2) is 6.17 Å². The predicted octanol–water partition coefficient (Wildman–Crippen LogP) is 3.98. The van der Waals surface area contributed by atoms with Crippen molar-refractivity contribution in [1.82, 2.24) is 19.5 Å². The number of benzene rings is 2. The van der Waals surface area contributed by atoms with Crippen LogP contribution in [0.25, 0.3) is 5.69 Å². The summed E-state index contributed by atoms with van der Waals surface area (Å²) >= 11 is 0. The van der Waals surface area contributed by atoms with Crippen molar-refractivity contribution in [3.63, 3.8) is 0 Å². The Hall–Kier alpha value is -4.05. The minimum atomic E-state index is -0.416. The Morgan fingerprint density at radius 2 is 1.78 bits per heavy atom. The fraction of sp³-hybridized carbons (Fsp3) is 0.370. The second-order valence-corrected chi connectivity index (χ2v) is 9.30. The van der Waals surface area contributed by atoms with E-state index in [1.54, 1.807) is 43.7 Å². The van der Waals surface area contributed by atoms with E-state index < -0.39 is 6.17 Å². The van der Waals surface area contributed by atoms with Crippen molar-refractivity contribution in [1.29, 1.82) is 0 Å². The Morgan fingerprint density at radius 1 is 1.05 bits per heavy atom. The smallest absolute Gasteiger partial charge is 0.256 e. The summed E-state index contributed by atoms with van der Waals surface area (Å²) in [6, 6.07) is 11.1. The van der Waals surface area contributed by atoms with Crippen molar-refractivity contribution in [2.45, 2.75) is 33.1 Å². The normalized spacial score (nSPS) is 17.2. The Balaban J connectivity index is 1.62. The van der Waals surface area contributed by atoms with Crippen molar-refractivity contribution >= 4 is 11.8 Å². The Morgan fingerprint density at radius 3 is 2.46 bits per heavy atom. The molecule has 0 bridgehead atoms. The first kappa shape index (κ1) is 24.6. The zero-order valence-corrected chi connectivity index (χ0v) is 21.9. The topological polar surface area (TPSA) is 90.7 Å². The van der Waals surface area contributed by atoms with Crippen molar-refractivity contribution in [2.24, 2.45) is 10.9 Å². The van der Waals surface area contributed by atoms with Gasteiger partial charge in [-0.25, -0.2) is 9.98 Å². The van der Waals surface area contributed by atoms with E-state index in [-0.39, 0.29) is 11.8 Å². The van der Waals surface area contributed by atoms with Crippen molar-refractivity contribution in [2.75, 3.05) is 28.4 Å². The highest BCUT2D eigenvalue weighted by Gasteiger charge is 2.36. The largest absolute Gasteiger partial charge is 0.497 e. The first-order valence-electron chi connectivity index (χ1n) is 12.1. The minimum Gasteiger partial charge on any atom is -0.497 e. The second kappa shape index (κ2) is 9.78. The Labute approximate surface area is 216 Å². The number of nitrogens with zero attached hydrogens (tertiary/aromatic N) is 5. The lowest BCUT2D eigenvalue weighted by Crippen LogP contribution is -2.30. The molecule has 10 heteroatoms. The van der Waals surface area contributed by atoms with Gasteiger partial charge in [0.25, 0.3) is 5.91 Å². The number of aliphatic imine (C=N–C) groups is 1. The van der Waals surface area contributed by atoms with Gasteiger partial charge in [0, 0.05) is 24.6 Å². The number of imidazole rings is 1. The SMILES string of the molecule is COc1ccc(CN2Cc3c(C4N=C(C(C)C)ON4C)ncn3-c3ccc(OC)cc3C2=O)c(OC)c1. The van der Waals surface area contributed by atoms with Crippen LogP contribution in [0.2, 0.25) is 0 Å². The summed E-state index contributed by atoms with van der Waals surface area (Å²) in [6.07, 6.45) is 1.33. The van der Waals surface area contributed by atoms with Gasteiger partial charge < -0.3 is 28.5 Å². The number of methoxy groups -OCH3 is 3. The van der Waals surface area contributed by atoms with E-state index in [9.17, 15) is 4.79 Å². The summed E-state index contributed by atoms with van der Waals surface area (Å²) in [6.45, 7) is 4.71. The molecule has 5 rings (SSSR count). The standard InChI is InChI=1S/C27H31N5O5/c1-16(2)26-29-25(30(3)37-26)24-22-14-31(13-17-7-8-19(35-5)12-23(17)36-6)27(33)20-11-18(34-4)9-10-21(20)32(22)15-28-24/h7-12,15-16,25H,13-14H2,1-6H3. The zero-order valence-electron chi connectivity index (χ0n) is 21.9. The monoisotopic (exact) mass is 505 g/mol.